The second kappa shape index (κ2) is 5.55. The fraction of sp³-hybridized carbons (Fsp3) is 0.400. The summed E-state index contributed by atoms with van der Waals surface area (Å²) < 4.78 is 1.78. The van der Waals surface area contributed by atoms with E-state index in [1.165, 1.54) is 0 Å². The van der Waals surface area contributed by atoms with Gasteiger partial charge >= 0.3 is 0 Å². The highest BCUT2D eigenvalue weighted by atomic mass is 16.2. The minimum Gasteiger partial charge on any atom is -0.341 e. The topological polar surface area (TPSA) is 57.9 Å². The summed E-state index contributed by atoms with van der Waals surface area (Å²) in [6, 6.07) is 5.62. The minimum atomic E-state index is -0.0830. The van der Waals surface area contributed by atoms with Crippen molar-refractivity contribution in [2.75, 3.05) is 26.7 Å². The van der Waals surface area contributed by atoms with Crippen LogP contribution in [0.15, 0.2) is 30.6 Å². The Morgan fingerprint density at radius 2 is 2.29 bits per heavy atom. The smallest absolute Gasteiger partial charge is 0.272 e. The van der Waals surface area contributed by atoms with Gasteiger partial charge in [0.15, 0.2) is 0 Å². The number of hydrogen-bond acceptors (Lipinski definition) is 3. The molecule has 1 saturated heterocycles. The molecule has 2 aromatic heterocycles. The first-order valence-corrected chi connectivity index (χ1v) is 7.12. The summed E-state index contributed by atoms with van der Waals surface area (Å²) in [7, 11) is 1.76. The van der Waals surface area contributed by atoms with Gasteiger partial charge < -0.3 is 9.80 Å². The van der Waals surface area contributed by atoms with Crippen LogP contribution in [0.25, 0.3) is 5.65 Å². The van der Waals surface area contributed by atoms with Gasteiger partial charge in [-0.1, -0.05) is 6.07 Å². The molecule has 1 fully saturated rings. The lowest BCUT2D eigenvalue weighted by Crippen LogP contribution is -2.37. The lowest BCUT2D eigenvalue weighted by atomic mass is 10.3. The van der Waals surface area contributed by atoms with E-state index in [2.05, 4.69) is 4.98 Å². The van der Waals surface area contributed by atoms with Gasteiger partial charge in [-0.25, -0.2) is 4.98 Å². The average Bonchev–Trinajstić information content (AvgIpc) is 3.10. The molecule has 0 spiro atoms. The Bertz CT molecular complexity index is 679. The molecule has 2 aromatic rings. The van der Waals surface area contributed by atoms with Crippen LogP contribution in [0.1, 0.15) is 23.3 Å². The Balaban J connectivity index is 1.68. The molecule has 1 aliphatic heterocycles. The van der Waals surface area contributed by atoms with Gasteiger partial charge in [0.25, 0.3) is 5.91 Å². The molecule has 2 amide bonds. The number of amides is 2. The average molecular weight is 286 g/mol. The van der Waals surface area contributed by atoms with Crippen molar-refractivity contribution < 1.29 is 9.59 Å². The number of aromatic nitrogens is 2. The second-order valence-electron chi connectivity index (χ2n) is 5.28. The van der Waals surface area contributed by atoms with Gasteiger partial charge in [0, 0.05) is 39.3 Å². The molecule has 0 aromatic carbocycles. The lowest BCUT2D eigenvalue weighted by molar-refractivity contribution is -0.127. The highest BCUT2D eigenvalue weighted by molar-refractivity contribution is 5.93. The number of fused-ring (bicyclic) bond motifs is 1. The van der Waals surface area contributed by atoms with Crippen LogP contribution in [-0.4, -0.2) is 57.7 Å². The molecule has 1 aliphatic rings. The van der Waals surface area contributed by atoms with Crippen molar-refractivity contribution in [2.45, 2.75) is 12.8 Å². The van der Waals surface area contributed by atoms with Crippen LogP contribution in [0.2, 0.25) is 0 Å². The third-order valence-electron chi connectivity index (χ3n) is 3.86. The molecule has 6 nitrogen and oxygen atoms in total. The molecular formula is C15H18N4O2. The standard InChI is InChI=1S/C15H18N4O2/c1-17(9-10-18-7-4-6-14(18)20)15(21)12-11-16-13-5-2-3-8-19(12)13/h2-3,5,8,11H,4,6-7,9-10H2,1H3. The monoisotopic (exact) mass is 286 g/mol. The molecule has 110 valence electrons. The van der Waals surface area contributed by atoms with Gasteiger partial charge in [0.05, 0.1) is 6.20 Å². The van der Waals surface area contributed by atoms with Crippen LogP contribution in [0.3, 0.4) is 0 Å². The first-order chi connectivity index (χ1) is 10.2. The highest BCUT2D eigenvalue weighted by Gasteiger charge is 2.22. The fourth-order valence-electron chi connectivity index (χ4n) is 2.60. The number of likely N-dealkylation sites (N-methyl/N-ethyl adjacent to an activating group) is 1. The summed E-state index contributed by atoms with van der Waals surface area (Å²) in [5, 5.41) is 0. The number of rotatable bonds is 4. The predicted molar refractivity (Wildman–Crippen MR) is 78.0 cm³/mol. The van der Waals surface area contributed by atoms with E-state index < -0.39 is 0 Å². The zero-order chi connectivity index (χ0) is 14.8. The van der Waals surface area contributed by atoms with Crippen LogP contribution in [0, 0.1) is 0 Å². The van der Waals surface area contributed by atoms with Crippen LogP contribution in [-0.2, 0) is 4.79 Å². The number of nitrogens with zero attached hydrogens (tertiary/aromatic N) is 4. The van der Waals surface area contributed by atoms with Gasteiger partial charge in [-0.05, 0) is 18.6 Å². The van der Waals surface area contributed by atoms with Crippen molar-refractivity contribution in [3.63, 3.8) is 0 Å². The molecule has 0 saturated carbocycles. The summed E-state index contributed by atoms with van der Waals surface area (Å²) >= 11 is 0. The van der Waals surface area contributed by atoms with Crippen LogP contribution in [0.5, 0.6) is 0 Å². The van der Waals surface area contributed by atoms with Gasteiger partial charge in [0.2, 0.25) is 5.91 Å². The Morgan fingerprint density at radius 1 is 1.43 bits per heavy atom. The first kappa shape index (κ1) is 13.6. The summed E-state index contributed by atoms with van der Waals surface area (Å²) in [6.45, 7) is 1.93. The van der Waals surface area contributed by atoms with Crippen molar-refractivity contribution in [1.82, 2.24) is 19.2 Å². The molecule has 0 radical (unpaired) electrons. The maximum Gasteiger partial charge on any atom is 0.272 e. The predicted octanol–water partition coefficient (Wildman–Crippen LogP) is 1.03. The normalized spacial score (nSPS) is 14.9. The Labute approximate surface area is 123 Å². The number of likely N-dealkylation sites (tertiary alicyclic amines) is 1. The SMILES string of the molecule is CN(CCN1CCCC1=O)C(=O)c1cnc2ccccn12. The van der Waals surface area contributed by atoms with Crippen molar-refractivity contribution in [2.24, 2.45) is 0 Å². The molecule has 21 heavy (non-hydrogen) atoms. The summed E-state index contributed by atoms with van der Waals surface area (Å²) in [5.74, 6) is 0.103. The summed E-state index contributed by atoms with van der Waals surface area (Å²) in [5.41, 5.74) is 1.30. The largest absolute Gasteiger partial charge is 0.341 e. The molecule has 0 N–H and O–H groups in total. The van der Waals surface area contributed by atoms with Gasteiger partial charge in [0.1, 0.15) is 11.3 Å². The zero-order valence-corrected chi connectivity index (χ0v) is 12.0. The van der Waals surface area contributed by atoms with Crippen LogP contribution >= 0.6 is 0 Å². The zero-order valence-electron chi connectivity index (χ0n) is 12.0. The number of imidazole rings is 1. The Kier molecular flexibility index (Phi) is 3.60. The van der Waals surface area contributed by atoms with E-state index in [-0.39, 0.29) is 11.8 Å². The number of carbonyl (C=O) groups excluding carboxylic acids is 2. The maximum atomic E-state index is 12.5. The highest BCUT2D eigenvalue weighted by Crippen LogP contribution is 2.11. The van der Waals surface area contributed by atoms with Crippen LogP contribution in [0.4, 0.5) is 0 Å². The van der Waals surface area contributed by atoms with E-state index in [0.29, 0.717) is 25.2 Å². The molecule has 6 heteroatoms. The van der Waals surface area contributed by atoms with Crippen molar-refractivity contribution >= 4 is 17.5 Å². The number of pyridine rings is 1. The molecular weight excluding hydrogens is 268 g/mol. The first-order valence-electron chi connectivity index (χ1n) is 7.12. The van der Waals surface area contributed by atoms with Gasteiger partial charge in [-0.15, -0.1) is 0 Å². The van der Waals surface area contributed by atoms with Crippen molar-refractivity contribution in [3.8, 4) is 0 Å². The molecule has 0 atom stereocenters. The molecule has 0 unspecified atom stereocenters. The van der Waals surface area contributed by atoms with E-state index in [1.807, 2.05) is 29.3 Å². The van der Waals surface area contributed by atoms with E-state index >= 15 is 0 Å². The fourth-order valence-corrected chi connectivity index (χ4v) is 2.60. The minimum absolute atomic E-state index is 0.0830. The summed E-state index contributed by atoms with van der Waals surface area (Å²) in [4.78, 5) is 31.7. The van der Waals surface area contributed by atoms with E-state index in [1.54, 1.807) is 22.5 Å². The summed E-state index contributed by atoms with van der Waals surface area (Å²) in [6.07, 6.45) is 4.97. The number of hydrogen-bond donors (Lipinski definition) is 0. The van der Waals surface area contributed by atoms with Crippen molar-refractivity contribution in [1.29, 1.82) is 0 Å². The number of carbonyl (C=O) groups is 2. The Morgan fingerprint density at radius 3 is 3.05 bits per heavy atom. The Hall–Kier alpha value is -2.37. The van der Waals surface area contributed by atoms with E-state index in [4.69, 9.17) is 0 Å². The quantitative estimate of drug-likeness (QED) is 0.843. The molecule has 0 aliphatic carbocycles. The third kappa shape index (κ3) is 2.61. The molecule has 3 heterocycles. The van der Waals surface area contributed by atoms with Crippen LogP contribution < -0.4 is 0 Å². The van der Waals surface area contributed by atoms with Gasteiger partial charge in [-0.2, -0.15) is 0 Å². The van der Waals surface area contributed by atoms with E-state index in [9.17, 15) is 9.59 Å². The molecule has 3 rings (SSSR count). The molecule has 0 bridgehead atoms. The lowest BCUT2D eigenvalue weighted by Gasteiger charge is -2.21. The third-order valence-corrected chi connectivity index (χ3v) is 3.86. The van der Waals surface area contributed by atoms with E-state index in [0.717, 1.165) is 18.6 Å². The maximum absolute atomic E-state index is 12.5. The van der Waals surface area contributed by atoms with Gasteiger partial charge in [-0.3, -0.25) is 14.0 Å². The van der Waals surface area contributed by atoms with Crippen molar-refractivity contribution in [3.05, 3.63) is 36.3 Å². The second-order valence-corrected chi connectivity index (χ2v) is 5.28.